The second-order valence-electron chi connectivity index (χ2n) is 5.84. The summed E-state index contributed by atoms with van der Waals surface area (Å²) in [5, 5.41) is 3.58. The van der Waals surface area contributed by atoms with Crippen molar-refractivity contribution >= 4 is 0 Å². The molecule has 3 heteroatoms. The molecule has 2 aliphatic rings. The second-order valence-corrected chi connectivity index (χ2v) is 5.84. The first kappa shape index (κ1) is 12.8. The summed E-state index contributed by atoms with van der Waals surface area (Å²) in [5.41, 5.74) is 0. The van der Waals surface area contributed by atoms with Gasteiger partial charge in [0.2, 0.25) is 0 Å². The zero-order valence-corrected chi connectivity index (χ0v) is 11.6. The van der Waals surface area contributed by atoms with Gasteiger partial charge in [-0.3, -0.25) is 0 Å². The van der Waals surface area contributed by atoms with Crippen LogP contribution < -0.4 is 14.8 Å². The molecular weight excluding hydrogens is 238 g/mol. The highest BCUT2D eigenvalue weighted by molar-refractivity contribution is 5.40. The van der Waals surface area contributed by atoms with Crippen LogP contribution in [0.2, 0.25) is 0 Å². The molecule has 2 unspecified atom stereocenters. The molecule has 1 aliphatic heterocycles. The molecule has 104 valence electrons. The Bertz CT molecular complexity index is 417. The van der Waals surface area contributed by atoms with E-state index in [-0.39, 0.29) is 6.10 Å². The summed E-state index contributed by atoms with van der Waals surface area (Å²) in [4.78, 5) is 0. The monoisotopic (exact) mass is 261 g/mol. The van der Waals surface area contributed by atoms with Gasteiger partial charge < -0.3 is 14.8 Å². The van der Waals surface area contributed by atoms with Crippen LogP contribution in [0.4, 0.5) is 0 Å². The van der Waals surface area contributed by atoms with Crippen molar-refractivity contribution in [3.63, 3.8) is 0 Å². The Balaban J connectivity index is 1.44. The number of fused-ring (bicyclic) bond motifs is 1. The molecule has 19 heavy (non-hydrogen) atoms. The number of ether oxygens (including phenoxy) is 2. The normalized spacial score (nSPS) is 23.7. The predicted octanol–water partition coefficient (Wildman–Crippen LogP) is 2.99. The maximum atomic E-state index is 5.94. The SMILES string of the molecule is CC(CC1CCC1)NCC1COc2ccccc2O1. The molecule has 1 heterocycles. The lowest BCUT2D eigenvalue weighted by molar-refractivity contribution is 0.0872. The molecule has 1 saturated carbocycles. The predicted molar refractivity (Wildman–Crippen MR) is 75.8 cm³/mol. The molecule has 3 rings (SSSR count). The molecule has 1 aliphatic carbocycles. The van der Waals surface area contributed by atoms with Gasteiger partial charge in [0.25, 0.3) is 0 Å². The van der Waals surface area contributed by atoms with Crippen LogP contribution in [0.3, 0.4) is 0 Å². The highest BCUT2D eigenvalue weighted by atomic mass is 16.6. The van der Waals surface area contributed by atoms with Gasteiger partial charge in [0.05, 0.1) is 0 Å². The van der Waals surface area contributed by atoms with Crippen LogP contribution in [0, 0.1) is 5.92 Å². The van der Waals surface area contributed by atoms with Crippen molar-refractivity contribution in [3.8, 4) is 11.5 Å². The van der Waals surface area contributed by atoms with Gasteiger partial charge in [-0.2, -0.15) is 0 Å². The Hall–Kier alpha value is -1.22. The molecule has 2 atom stereocenters. The molecule has 1 aromatic rings. The zero-order chi connectivity index (χ0) is 13.1. The van der Waals surface area contributed by atoms with Gasteiger partial charge in [0.1, 0.15) is 12.7 Å². The van der Waals surface area contributed by atoms with E-state index in [4.69, 9.17) is 9.47 Å². The summed E-state index contributed by atoms with van der Waals surface area (Å²) in [6.45, 7) is 3.78. The molecule has 0 radical (unpaired) electrons. The maximum absolute atomic E-state index is 5.94. The molecule has 1 fully saturated rings. The van der Waals surface area contributed by atoms with Gasteiger partial charge in [-0.15, -0.1) is 0 Å². The van der Waals surface area contributed by atoms with E-state index in [2.05, 4.69) is 12.2 Å². The second kappa shape index (κ2) is 5.83. The van der Waals surface area contributed by atoms with E-state index in [1.807, 2.05) is 24.3 Å². The van der Waals surface area contributed by atoms with Crippen molar-refractivity contribution in [2.24, 2.45) is 5.92 Å². The highest BCUT2D eigenvalue weighted by Gasteiger charge is 2.23. The number of hydrogen-bond acceptors (Lipinski definition) is 3. The van der Waals surface area contributed by atoms with E-state index in [0.29, 0.717) is 12.6 Å². The van der Waals surface area contributed by atoms with Gasteiger partial charge in [-0.1, -0.05) is 31.4 Å². The maximum Gasteiger partial charge on any atom is 0.161 e. The molecule has 0 bridgehead atoms. The number of hydrogen-bond donors (Lipinski definition) is 1. The first-order chi connectivity index (χ1) is 9.31. The van der Waals surface area contributed by atoms with Crippen LogP contribution in [-0.2, 0) is 0 Å². The topological polar surface area (TPSA) is 30.5 Å². The summed E-state index contributed by atoms with van der Waals surface area (Å²) in [7, 11) is 0. The van der Waals surface area contributed by atoms with Crippen LogP contribution in [0.15, 0.2) is 24.3 Å². The summed E-state index contributed by atoms with van der Waals surface area (Å²) in [6, 6.07) is 8.46. The van der Waals surface area contributed by atoms with E-state index >= 15 is 0 Å². The molecular formula is C16H23NO2. The lowest BCUT2D eigenvalue weighted by Crippen LogP contribution is -2.42. The van der Waals surface area contributed by atoms with E-state index in [0.717, 1.165) is 24.0 Å². The number of rotatable bonds is 5. The molecule has 0 amide bonds. The van der Waals surface area contributed by atoms with Crippen LogP contribution in [0.25, 0.3) is 0 Å². The molecule has 1 aromatic carbocycles. The minimum Gasteiger partial charge on any atom is -0.486 e. The average Bonchev–Trinajstić information content (AvgIpc) is 2.40. The summed E-state index contributed by atoms with van der Waals surface area (Å²) < 4.78 is 11.7. The van der Waals surface area contributed by atoms with Gasteiger partial charge in [0.15, 0.2) is 11.5 Å². The number of benzene rings is 1. The zero-order valence-electron chi connectivity index (χ0n) is 11.6. The minimum absolute atomic E-state index is 0.124. The lowest BCUT2D eigenvalue weighted by atomic mass is 9.81. The standard InChI is InChI=1S/C16H23NO2/c1-12(9-13-5-4-6-13)17-10-14-11-18-15-7-2-3-8-16(15)19-14/h2-3,7-8,12-14,17H,4-6,9-11H2,1H3. The highest BCUT2D eigenvalue weighted by Crippen LogP contribution is 2.31. The van der Waals surface area contributed by atoms with E-state index in [1.165, 1.54) is 25.7 Å². The molecule has 0 spiro atoms. The first-order valence-electron chi connectivity index (χ1n) is 7.43. The van der Waals surface area contributed by atoms with Crippen LogP contribution in [0.5, 0.6) is 11.5 Å². The Morgan fingerprint density at radius 1 is 1.26 bits per heavy atom. The van der Waals surface area contributed by atoms with Crippen molar-refractivity contribution in [3.05, 3.63) is 24.3 Å². The lowest BCUT2D eigenvalue weighted by Gasteiger charge is -2.30. The Morgan fingerprint density at radius 3 is 2.79 bits per heavy atom. The smallest absolute Gasteiger partial charge is 0.161 e. The van der Waals surface area contributed by atoms with E-state index in [9.17, 15) is 0 Å². The van der Waals surface area contributed by atoms with Crippen LogP contribution in [0.1, 0.15) is 32.6 Å². The van der Waals surface area contributed by atoms with Crippen molar-refractivity contribution in [1.82, 2.24) is 5.32 Å². The third-order valence-corrected chi connectivity index (χ3v) is 4.17. The quantitative estimate of drug-likeness (QED) is 0.884. The van der Waals surface area contributed by atoms with Crippen LogP contribution >= 0.6 is 0 Å². The third kappa shape index (κ3) is 3.21. The summed E-state index contributed by atoms with van der Waals surface area (Å²) in [5.74, 6) is 2.68. The Morgan fingerprint density at radius 2 is 2.05 bits per heavy atom. The van der Waals surface area contributed by atoms with Gasteiger partial charge in [0, 0.05) is 12.6 Å². The van der Waals surface area contributed by atoms with Crippen molar-refractivity contribution in [1.29, 1.82) is 0 Å². The fourth-order valence-electron chi connectivity index (χ4n) is 2.81. The van der Waals surface area contributed by atoms with Crippen molar-refractivity contribution in [2.45, 2.75) is 44.8 Å². The van der Waals surface area contributed by atoms with E-state index in [1.54, 1.807) is 0 Å². The summed E-state index contributed by atoms with van der Waals surface area (Å²) in [6.07, 6.45) is 5.68. The third-order valence-electron chi connectivity index (χ3n) is 4.17. The molecule has 0 saturated heterocycles. The van der Waals surface area contributed by atoms with Crippen molar-refractivity contribution < 1.29 is 9.47 Å². The molecule has 1 N–H and O–H groups in total. The number of para-hydroxylation sites is 2. The molecule has 3 nitrogen and oxygen atoms in total. The van der Waals surface area contributed by atoms with Gasteiger partial charge in [-0.25, -0.2) is 0 Å². The first-order valence-corrected chi connectivity index (χ1v) is 7.43. The van der Waals surface area contributed by atoms with Gasteiger partial charge in [-0.05, 0) is 31.4 Å². The fraction of sp³-hybridized carbons (Fsp3) is 0.625. The Labute approximate surface area is 115 Å². The van der Waals surface area contributed by atoms with E-state index < -0.39 is 0 Å². The summed E-state index contributed by atoms with van der Waals surface area (Å²) >= 11 is 0. The van der Waals surface area contributed by atoms with Crippen molar-refractivity contribution in [2.75, 3.05) is 13.2 Å². The largest absolute Gasteiger partial charge is 0.486 e. The number of nitrogens with one attached hydrogen (secondary N) is 1. The fourth-order valence-corrected chi connectivity index (χ4v) is 2.81. The van der Waals surface area contributed by atoms with Gasteiger partial charge >= 0.3 is 0 Å². The molecule has 0 aromatic heterocycles. The van der Waals surface area contributed by atoms with Crippen LogP contribution in [-0.4, -0.2) is 25.3 Å². The minimum atomic E-state index is 0.124. The Kier molecular flexibility index (Phi) is 3.92. The average molecular weight is 261 g/mol.